The lowest BCUT2D eigenvalue weighted by Gasteiger charge is -2.10. The second-order valence-electron chi connectivity index (χ2n) is 5.61. The Morgan fingerprint density at radius 3 is 2.83 bits per heavy atom. The Hall–Kier alpha value is -2.34. The number of aliphatic carboxylic acids is 1. The smallest absolute Gasteiger partial charge is 0.306 e. The maximum absolute atomic E-state index is 12.2. The number of carbonyl (C=O) groups excluding carboxylic acids is 1. The van der Waals surface area contributed by atoms with Crippen LogP contribution < -0.4 is 5.32 Å². The molecule has 0 aliphatic heterocycles. The Morgan fingerprint density at radius 2 is 2.13 bits per heavy atom. The van der Waals surface area contributed by atoms with Crippen molar-refractivity contribution >= 4 is 23.5 Å². The third-order valence-electron chi connectivity index (χ3n) is 3.97. The van der Waals surface area contributed by atoms with Crippen molar-refractivity contribution in [1.82, 2.24) is 10.5 Å². The molecule has 2 N–H and O–H groups in total. The first-order valence-corrected chi connectivity index (χ1v) is 7.67. The summed E-state index contributed by atoms with van der Waals surface area (Å²) in [5.41, 5.74) is 0.898. The lowest BCUT2D eigenvalue weighted by molar-refractivity contribution is -0.141. The number of rotatable bonds is 4. The average Bonchev–Trinajstić information content (AvgIpc) is 3.16. The highest BCUT2D eigenvalue weighted by Gasteiger charge is 2.31. The van der Waals surface area contributed by atoms with Gasteiger partial charge in [0.05, 0.1) is 5.92 Å². The Balaban J connectivity index is 1.66. The van der Waals surface area contributed by atoms with Crippen LogP contribution >= 0.6 is 11.6 Å². The highest BCUT2D eigenvalue weighted by molar-refractivity contribution is 6.30. The molecule has 0 unspecified atom stereocenters. The summed E-state index contributed by atoms with van der Waals surface area (Å²) in [7, 11) is 0. The average molecular weight is 335 g/mol. The molecule has 3 rings (SSSR count). The molecule has 1 aromatic heterocycles. The van der Waals surface area contributed by atoms with Gasteiger partial charge in [-0.15, -0.1) is 0 Å². The summed E-state index contributed by atoms with van der Waals surface area (Å²) in [5, 5.41) is 16.1. The van der Waals surface area contributed by atoms with Gasteiger partial charge in [-0.2, -0.15) is 0 Å². The van der Waals surface area contributed by atoms with Gasteiger partial charge in [0.25, 0.3) is 5.91 Å². The van der Waals surface area contributed by atoms with Gasteiger partial charge < -0.3 is 14.9 Å². The zero-order valence-corrected chi connectivity index (χ0v) is 12.9. The van der Waals surface area contributed by atoms with Crippen LogP contribution in [0.3, 0.4) is 0 Å². The fourth-order valence-electron chi connectivity index (χ4n) is 2.76. The number of aromatic nitrogens is 1. The first-order valence-electron chi connectivity index (χ1n) is 7.29. The van der Waals surface area contributed by atoms with E-state index in [1.54, 1.807) is 24.3 Å². The summed E-state index contributed by atoms with van der Waals surface area (Å²) in [6, 6.07) is 8.46. The normalized spacial score (nSPS) is 20.4. The van der Waals surface area contributed by atoms with E-state index in [0.717, 1.165) is 5.56 Å². The minimum absolute atomic E-state index is 0.144. The molecule has 6 nitrogen and oxygen atoms in total. The zero-order valence-electron chi connectivity index (χ0n) is 12.2. The number of carbonyl (C=O) groups is 2. The van der Waals surface area contributed by atoms with Crippen LogP contribution in [-0.4, -0.2) is 28.2 Å². The van der Waals surface area contributed by atoms with E-state index in [4.69, 9.17) is 21.2 Å². The number of nitrogens with zero attached hydrogens (tertiary/aromatic N) is 1. The number of carboxylic acids is 1. The van der Waals surface area contributed by atoms with Crippen LogP contribution in [0.4, 0.5) is 0 Å². The predicted octanol–water partition coefficient (Wildman–Crippen LogP) is 2.98. The van der Waals surface area contributed by atoms with E-state index in [0.29, 0.717) is 30.0 Å². The molecule has 0 saturated heterocycles. The summed E-state index contributed by atoms with van der Waals surface area (Å²) >= 11 is 5.93. The fraction of sp³-hybridized carbons (Fsp3) is 0.312. The second-order valence-corrected chi connectivity index (χ2v) is 6.04. The summed E-state index contributed by atoms with van der Waals surface area (Å²) in [6.45, 7) is 0. The van der Waals surface area contributed by atoms with Crippen LogP contribution in [0.2, 0.25) is 5.02 Å². The van der Waals surface area contributed by atoms with Crippen molar-refractivity contribution in [2.45, 2.75) is 25.3 Å². The van der Waals surface area contributed by atoms with Gasteiger partial charge in [0.1, 0.15) is 0 Å². The molecule has 0 bridgehead atoms. The monoisotopic (exact) mass is 334 g/mol. The second kappa shape index (κ2) is 6.42. The van der Waals surface area contributed by atoms with Gasteiger partial charge in [-0.1, -0.05) is 28.9 Å². The maximum Gasteiger partial charge on any atom is 0.306 e. The van der Waals surface area contributed by atoms with Gasteiger partial charge >= 0.3 is 5.97 Å². The van der Waals surface area contributed by atoms with Crippen LogP contribution in [0.25, 0.3) is 11.3 Å². The number of nitrogens with one attached hydrogen (secondary N) is 1. The molecule has 1 aromatic carbocycles. The van der Waals surface area contributed by atoms with E-state index < -0.39 is 5.97 Å². The lowest BCUT2D eigenvalue weighted by Crippen LogP contribution is -2.33. The molecule has 2 atom stereocenters. The van der Waals surface area contributed by atoms with Crippen molar-refractivity contribution in [2.75, 3.05) is 0 Å². The van der Waals surface area contributed by atoms with Gasteiger partial charge in [0.2, 0.25) is 0 Å². The first-order chi connectivity index (χ1) is 11.0. The zero-order chi connectivity index (χ0) is 16.4. The Morgan fingerprint density at radius 1 is 1.30 bits per heavy atom. The van der Waals surface area contributed by atoms with E-state index in [-0.39, 0.29) is 23.6 Å². The Bertz CT molecular complexity index is 743. The molecule has 1 amide bonds. The highest BCUT2D eigenvalue weighted by atomic mass is 35.5. The SMILES string of the molecule is O=C(N[C@@H]1CC[C@H](C(=O)O)C1)c1cc(-c2cccc(Cl)c2)on1. The Kier molecular flexibility index (Phi) is 4.34. The third kappa shape index (κ3) is 3.53. The highest BCUT2D eigenvalue weighted by Crippen LogP contribution is 2.26. The summed E-state index contributed by atoms with van der Waals surface area (Å²) < 4.78 is 5.19. The summed E-state index contributed by atoms with van der Waals surface area (Å²) in [5.74, 6) is -1.11. The first kappa shape index (κ1) is 15.6. The van der Waals surface area contributed by atoms with Crippen LogP contribution in [0, 0.1) is 5.92 Å². The van der Waals surface area contributed by atoms with Crippen LogP contribution in [0.5, 0.6) is 0 Å². The third-order valence-corrected chi connectivity index (χ3v) is 4.20. The predicted molar refractivity (Wildman–Crippen MR) is 83.2 cm³/mol. The minimum atomic E-state index is -0.813. The fourth-order valence-corrected chi connectivity index (χ4v) is 2.95. The Labute approximate surface area is 137 Å². The molecule has 23 heavy (non-hydrogen) atoms. The molecule has 0 radical (unpaired) electrons. The van der Waals surface area contributed by atoms with Crippen molar-refractivity contribution in [3.05, 3.63) is 41.0 Å². The summed E-state index contributed by atoms with van der Waals surface area (Å²) in [6.07, 6.45) is 1.68. The van der Waals surface area contributed by atoms with Crippen molar-refractivity contribution in [3.63, 3.8) is 0 Å². The van der Waals surface area contributed by atoms with Crippen molar-refractivity contribution < 1.29 is 19.2 Å². The maximum atomic E-state index is 12.2. The van der Waals surface area contributed by atoms with Crippen LogP contribution in [0.15, 0.2) is 34.9 Å². The van der Waals surface area contributed by atoms with E-state index in [2.05, 4.69) is 10.5 Å². The molecule has 1 saturated carbocycles. The van der Waals surface area contributed by atoms with E-state index in [9.17, 15) is 9.59 Å². The largest absolute Gasteiger partial charge is 0.481 e. The number of carboxylic acid groups (broad SMARTS) is 1. The van der Waals surface area contributed by atoms with Gasteiger partial charge in [-0.05, 0) is 31.4 Å². The topological polar surface area (TPSA) is 92.4 Å². The molecule has 1 fully saturated rings. The molecule has 0 spiro atoms. The molecule has 7 heteroatoms. The number of amides is 1. The lowest BCUT2D eigenvalue weighted by atomic mass is 10.1. The number of halogens is 1. The van der Waals surface area contributed by atoms with E-state index in [1.807, 2.05) is 6.07 Å². The van der Waals surface area contributed by atoms with Gasteiger partial charge in [0.15, 0.2) is 11.5 Å². The molecule has 1 aliphatic carbocycles. The van der Waals surface area contributed by atoms with Gasteiger partial charge in [0, 0.05) is 22.7 Å². The summed E-state index contributed by atoms with van der Waals surface area (Å²) in [4.78, 5) is 23.1. The number of hydrogen-bond donors (Lipinski definition) is 2. The molecular formula is C16H15ClN2O4. The molecule has 1 heterocycles. The molecule has 120 valence electrons. The van der Waals surface area contributed by atoms with Crippen molar-refractivity contribution in [3.8, 4) is 11.3 Å². The van der Waals surface area contributed by atoms with Gasteiger partial charge in [-0.3, -0.25) is 9.59 Å². The standard InChI is InChI=1S/C16H15ClN2O4/c17-11-3-1-2-9(6-11)14-8-13(19-23-14)15(20)18-12-5-4-10(7-12)16(21)22/h1-3,6,8,10,12H,4-5,7H2,(H,18,20)(H,21,22)/t10-,12+/m0/s1. The molecule has 1 aliphatic rings. The minimum Gasteiger partial charge on any atom is -0.481 e. The molecular weight excluding hydrogens is 320 g/mol. The van der Waals surface area contributed by atoms with Crippen LogP contribution in [0.1, 0.15) is 29.8 Å². The van der Waals surface area contributed by atoms with Crippen molar-refractivity contribution in [1.29, 1.82) is 0 Å². The van der Waals surface area contributed by atoms with E-state index >= 15 is 0 Å². The van der Waals surface area contributed by atoms with Crippen molar-refractivity contribution in [2.24, 2.45) is 5.92 Å². The van der Waals surface area contributed by atoms with Crippen LogP contribution in [-0.2, 0) is 4.79 Å². The van der Waals surface area contributed by atoms with Gasteiger partial charge in [-0.25, -0.2) is 0 Å². The number of hydrogen-bond acceptors (Lipinski definition) is 4. The number of benzene rings is 1. The quantitative estimate of drug-likeness (QED) is 0.896. The van der Waals surface area contributed by atoms with E-state index in [1.165, 1.54) is 0 Å². The molecule has 2 aromatic rings.